The maximum absolute atomic E-state index is 13.1. The molecule has 0 aliphatic heterocycles. The molecule has 0 atom stereocenters. The molecule has 20 heavy (non-hydrogen) atoms. The highest BCUT2D eigenvalue weighted by Crippen LogP contribution is 2.38. The molecule has 0 radical (unpaired) electrons. The molecule has 0 bridgehead atoms. The van der Waals surface area contributed by atoms with E-state index >= 15 is 0 Å². The minimum atomic E-state index is -4.68. The Kier molecular flexibility index (Phi) is 3.81. The second-order valence-electron chi connectivity index (χ2n) is 4.04. The molecule has 0 saturated heterocycles. The first-order valence-electron chi connectivity index (χ1n) is 5.46. The van der Waals surface area contributed by atoms with Gasteiger partial charge in [0.05, 0.1) is 5.56 Å². The Labute approximate surface area is 116 Å². The Morgan fingerprint density at radius 2 is 1.75 bits per heavy atom. The Morgan fingerprint density at radius 3 is 2.30 bits per heavy atom. The van der Waals surface area contributed by atoms with Gasteiger partial charge < -0.3 is 0 Å². The second kappa shape index (κ2) is 5.25. The molecular weight excluding hydrogens is 296 g/mol. The van der Waals surface area contributed by atoms with Crippen molar-refractivity contribution in [3.63, 3.8) is 0 Å². The van der Waals surface area contributed by atoms with Gasteiger partial charge in [0, 0.05) is 5.56 Å². The third-order valence-electron chi connectivity index (χ3n) is 2.69. The third kappa shape index (κ3) is 2.99. The maximum atomic E-state index is 13.1. The normalized spacial score (nSPS) is 11.4. The number of benzene rings is 2. The molecule has 0 aliphatic rings. The largest absolute Gasteiger partial charge is 0.417 e. The summed E-state index contributed by atoms with van der Waals surface area (Å²) in [6, 6.07) is 7.73. The Balaban J connectivity index is 2.67. The van der Waals surface area contributed by atoms with Gasteiger partial charge in [0.2, 0.25) is 0 Å². The van der Waals surface area contributed by atoms with E-state index in [9.17, 15) is 22.4 Å². The zero-order valence-electron chi connectivity index (χ0n) is 9.84. The van der Waals surface area contributed by atoms with E-state index < -0.39 is 22.8 Å². The lowest BCUT2D eigenvalue weighted by atomic mass is 9.97. The molecule has 2 aromatic rings. The summed E-state index contributed by atoms with van der Waals surface area (Å²) in [5.41, 5.74) is -1.43. The summed E-state index contributed by atoms with van der Waals surface area (Å²) >= 11 is 5.18. The van der Waals surface area contributed by atoms with E-state index in [0.29, 0.717) is 6.07 Å². The van der Waals surface area contributed by atoms with E-state index in [-0.39, 0.29) is 16.7 Å². The lowest BCUT2D eigenvalue weighted by Gasteiger charge is -2.14. The average molecular weight is 303 g/mol. The molecule has 0 N–H and O–H groups in total. The van der Waals surface area contributed by atoms with Gasteiger partial charge in [0.25, 0.3) is 5.24 Å². The number of halogens is 5. The van der Waals surface area contributed by atoms with Crippen molar-refractivity contribution in [1.82, 2.24) is 0 Å². The highest BCUT2D eigenvalue weighted by molar-refractivity contribution is 6.67. The second-order valence-corrected chi connectivity index (χ2v) is 4.39. The van der Waals surface area contributed by atoms with Gasteiger partial charge in [0.1, 0.15) is 5.82 Å². The number of rotatable bonds is 2. The number of hydrogen-bond acceptors (Lipinski definition) is 1. The first-order chi connectivity index (χ1) is 9.29. The van der Waals surface area contributed by atoms with Gasteiger partial charge in [-0.1, -0.05) is 18.2 Å². The number of alkyl halides is 3. The summed E-state index contributed by atoms with van der Waals surface area (Å²) in [6.07, 6.45) is -4.68. The summed E-state index contributed by atoms with van der Waals surface area (Å²) in [6.45, 7) is 0. The highest BCUT2D eigenvalue weighted by atomic mass is 35.5. The van der Waals surface area contributed by atoms with Crippen LogP contribution in [0, 0.1) is 5.82 Å². The fraction of sp³-hybridized carbons (Fsp3) is 0.0714. The molecule has 0 heterocycles. The Bertz CT molecular complexity index is 664. The Morgan fingerprint density at radius 1 is 1.05 bits per heavy atom. The minimum absolute atomic E-state index is 0.0749. The Hall–Kier alpha value is -1.88. The number of carbonyl (C=O) groups is 1. The van der Waals surface area contributed by atoms with Crippen molar-refractivity contribution in [2.24, 2.45) is 0 Å². The van der Waals surface area contributed by atoms with Crippen LogP contribution in [0.25, 0.3) is 11.1 Å². The molecule has 1 nitrogen and oxygen atoms in total. The van der Waals surface area contributed by atoms with Gasteiger partial charge in [-0.3, -0.25) is 4.79 Å². The summed E-state index contributed by atoms with van der Waals surface area (Å²) in [5, 5.41) is -0.985. The van der Waals surface area contributed by atoms with Crippen molar-refractivity contribution < 1.29 is 22.4 Å². The lowest BCUT2D eigenvalue weighted by molar-refractivity contribution is -0.137. The zero-order valence-corrected chi connectivity index (χ0v) is 10.6. The molecule has 0 amide bonds. The summed E-state index contributed by atoms with van der Waals surface area (Å²) in [7, 11) is 0. The first kappa shape index (κ1) is 14.5. The van der Waals surface area contributed by atoms with Crippen LogP contribution in [0.3, 0.4) is 0 Å². The third-order valence-corrected chi connectivity index (χ3v) is 2.91. The van der Waals surface area contributed by atoms with E-state index in [1.807, 2.05) is 0 Å². The maximum Gasteiger partial charge on any atom is 0.417 e. The predicted molar refractivity (Wildman–Crippen MR) is 67.0 cm³/mol. The van der Waals surface area contributed by atoms with Gasteiger partial charge in [-0.15, -0.1) is 0 Å². The molecule has 2 rings (SSSR count). The fourth-order valence-electron chi connectivity index (χ4n) is 1.81. The number of carbonyl (C=O) groups excluding carboxylic acids is 1. The lowest BCUT2D eigenvalue weighted by Crippen LogP contribution is -2.08. The van der Waals surface area contributed by atoms with E-state index in [4.69, 9.17) is 11.6 Å². The summed E-state index contributed by atoms with van der Waals surface area (Å²) in [5.74, 6) is -0.645. The highest BCUT2D eigenvalue weighted by Gasteiger charge is 2.34. The van der Waals surface area contributed by atoms with Crippen molar-refractivity contribution in [1.29, 1.82) is 0 Å². The van der Waals surface area contributed by atoms with Crippen molar-refractivity contribution in [2.75, 3.05) is 0 Å². The molecule has 0 aromatic heterocycles. The van der Waals surface area contributed by atoms with Crippen LogP contribution in [0.2, 0.25) is 0 Å². The van der Waals surface area contributed by atoms with Crippen LogP contribution in [0.4, 0.5) is 17.6 Å². The molecule has 0 saturated carbocycles. The molecule has 0 spiro atoms. The number of hydrogen-bond donors (Lipinski definition) is 0. The van der Waals surface area contributed by atoms with Crippen molar-refractivity contribution in [2.45, 2.75) is 6.18 Å². The van der Waals surface area contributed by atoms with Gasteiger partial charge in [0.15, 0.2) is 0 Å². The minimum Gasteiger partial charge on any atom is -0.276 e. The molecule has 0 fully saturated rings. The standard InChI is InChI=1S/C14H7ClF4O/c15-13(20)9-4-5-11(12(7-9)14(17,18)19)8-2-1-3-10(16)6-8/h1-7H. The van der Waals surface area contributed by atoms with E-state index in [2.05, 4.69) is 0 Å². The molecule has 104 valence electrons. The van der Waals surface area contributed by atoms with Crippen LogP contribution in [0.5, 0.6) is 0 Å². The van der Waals surface area contributed by atoms with Crippen LogP contribution >= 0.6 is 11.6 Å². The first-order valence-corrected chi connectivity index (χ1v) is 5.84. The summed E-state index contributed by atoms with van der Waals surface area (Å²) in [4.78, 5) is 11.0. The van der Waals surface area contributed by atoms with Crippen molar-refractivity contribution >= 4 is 16.8 Å². The molecular formula is C14H7ClF4O. The van der Waals surface area contributed by atoms with Gasteiger partial charge in [-0.25, -0.2) is 4.39 Å². The van der Waals surface area contributed by atoms with E-state index in [0.717, 1.165) is 18.2 Å². The van der Waals surface area contributed by atoms with E-state index in [1.54, 1.807) is 0 Å². The van der Waals surface area contributed by atoms with Crippen LogP contribution < -0.4 is 0 Å². The average Bonchev–Trinajstić information content (AvgIpc) is 2.37. The molecule has 6 heteroatoms. The SMILES string of the molecule is O=C(Cl)c1ccc(-c2cccc(F)c2)c(C(F)(F)F)c1. The molecule has 2 aromatic carbocycles. The molecule has 0 unspecified atom stereocenters. The van der Waals surface area contributed by atoms with Crippen LogP contribution in [-0.4, -0.2) is 5.24 Å². The van der Waals surface area contributed by atoms with Crippen LogP contribution in [-0.2, 0) is 6.18 Å². The van der Waals surface area contributed by atoms with E-state index in [1.165, 1.54) is 18.2 Å². The fourth-order valence-corrected chi connectivity index (χ4v) is 1.93. The zero-order chi connectivity index (χ0) is 14.9. The topological polar surface area (TPSA) is 17.1 Å². The quantitative estimate of drug-likeness (QED) is 0.570. The van der Waals surface area contributed by atoms with Crippen molar-refractivity contribution in [3.05, 3.63) is 59.4 Å². The monoisotopic (exact) mass is 302 g/mol. The van der Waals surface area contributed by atoms with Gasteiger partial charge in [-0.2, -0.15) is 13.2 Å². The van der Waals surface area contributed by atoms with Crippen molar-refractivity contribution in [3.8, 4) is 11.1 Å². The van der Waals surface area contributed by atoms with Crippen LogP contribution in [0.1, 0.15) is 15.9 Å². The predicted octanol–water partition coefficient (Wildman–Crippen LogP) is 4.89. The van der Waals surface area contributed by atoms with Crippen LogP contribution in [0.15, 0.2) is 42.5 Å². The smallest absolute Gasteiger partial charge is 0.276 e. The summed E-state index contributed by atoms with van der Waals surface area (Å²) < 4.78 is 52.2. The van der Waals surface area contributed by atoms with Gasteiger partial charge in [-0.05, 0) is 47.0 Å². The molecule has 0 aliphatic carbocycles. The van der Waals surface area contributed by atoms with Gasteiger partial charge >= 0.3 is 6.18 Å².